The molecule has 2 N–H and O–H groups in total. The molecule has 3 aromatic rings. The highest BCUT2D eigenvalue weighted by molar-refractivity contribution is 7.89. The first-order valence-electron chi connectivity index (χ1n) is 8.98. The summed E-state index contributed by atoms with van der Waals surface area (Å²) in [6, 6.07) is 15.8. The lowest BCUT2D eigenvalue weighted by Gasteiger charge is -2.09. The van der Waals surface area contributed by atoms with Crippen molar-refractivity contribution < 1.29 is 13.2 Å². The first-order chi connectivity index (χ1) is 13.4. The second kappa shape index (κ2) is 7.21. The summed E-state index contributed by atoms with van der Waals surface area (Å²) in [5.41, 5.74) is 2.39. The maximum atomic E-state index is 12.7. The lowest BCUT2D eigenvalue weighted by Crippen LogP contribution is -2.25. The number of hydrogen-bond acceptors (Lipinski definition) is 4. The van der Waals surface area contributed by atoms with Crippen molar-refractivity contribution in [2.45, 2.75) is 30.7 Å². The second-order valence-electron chi connectivity index (χ2n) is 6.77. The van der Waals surface area contributed by atoms with Crippen molar-refractivity contribution in [2.24, 2.45) is 0 Å². The molecule has 0 unspecified atom stereocenters. The molecule has 28 heavy (non-hydrogen) atoms. The molecular weight excluding hydrogens is 376 g/mol. The molecule has 0 radical (unpaired) electrons. The third-order valence-corrected chi connectivity index (χ3v) is 6.07. The summed E-state index contributed by atoms with van der Waals surface area (Å²) in [7, 11) is -3.58. The first-order valence-corrected chi connectivity index (χ1v) is 10.5. The summed E-state index contributed by atoms with van der Waals surface area (Å²) in [5.74, 6) is -0.343. The number of aromatic nitrogens is 2. The molecule has 7 nitrogen and oxygen atoms in total. The molecule has 0 atom stereocenters. The van der Waals surface area contributed by atoms with Crippen LogP contribution in [0.15, 0.2) is 65.7 Å². The van der Waals surface area contributed by atoms with Crippen molar-refractivity contribution in [2.75, 3.05) is 5.32 Å². The maximum Gasteiger partial charge on any atom is 0.259 e. The van der Waals surface area contributed by atoms with Crippen molar-refractivity contribution in [3.05, 3.63) is 72.1 Å². The standard InChI is InChI=1S/C20H20N4O3S/c1-14-19(13-21-24(14)17-7-3-2-4-8-17)20(25)22-16-6-5-9-18(12-16)28(26,27)23-15-10-11-15/h2-9,12-13,15,23H,10-11H2,1H3,(H,22,25). The van der Waals surface area contributed by atoms with Gasteiger partial charge < -0.3 is 5.32 Å². The summed E-state index contributed by atoms with van der Waals surface area (Å²) in [6.07, 6.45) is 3.23. The molecule has 0 bridgehead atoms. The van der Waals surface area contributed by atoms with Crippen LogP contribution in [0.1, 0.15) is 28.9 Å². The third-order valence-electron chi connectivity index (χ3n) is 4.56. The summed E-state index contributed by atoms with van der Waals surface area (Å²) in [5, 5.41) is 7.06. The van der Waals surface area contributed by atoms with E-state index in [-0.39, 0.29) is 16.8 Å². The quantitative estimate of drug-likeness (QED) is 0.670. The van der Waals surface area contributed by atoms with E-state index in [9.17, 15) is 13.2 Å². The molecule has 2 aromatic carbocycles. The zero-order valence-electron chi connectivity index (χ0n) is 15.3. The van der Waals surface area contributed by atoms with Crippen molar-refractivity contribution in [1.82, 2.24) is 14.5 Å². The van der Waals surface area contributed by atoms with Crippen LogP contribution in [0.2, 0.25) is 0 Å². The van der Waals surface area contributed by atoms with Crippen LogP contribution in [0, 0.1) is 6.92 Å². The Morgan fingerprint density at radius 3 is 2.57 bits per heavy atom. The zero-order valence-corrected chi connectivity index (χ0v) is 16.1. The Morgan fingerprint density at radius 1 is 1.11 bits per heavy atom. The number of carbonyl (C=O) groups is 1. The Labute approximate surface area is 163 Å². The van der Waals surface area contributed by atoms with Crippen LogP contribution < -0.4 is 10.0 Å². The highest BCUT2D eigenvalue weighted by Gasteiger charge is 2.28. The Morgan fingerprint density at radius 2 is 1.86 bits per heavy atom. The van der Waals surface area contributed by atoms with E-state index in [1.54, 1.807) is 16.8 Å². The number of rotatable bonds is 6. The van der Waals surface area contributed by atoms with E-state index in [0.29, 0.717) is 16.9 Å². The molecule has 8 heteroatoms. The van der Waals surface area contributed by atoms with Crippen molar-refractivity contribution in [1.29, 1.82) is 0 Å². The predicted molar refractivity (Wildman–Crippen MR) is 106 cm³/mol. The predicted octanol–water partition coefficient (Wildman–Crippen LogP) is 2.87. The molecule has 1 amide bonds. The minimum Gasteiger partial charge on any atom is -0.322 e. The average molecular weight is 396 g/mol. The Kier molecular flexibility index (Phi) is 4.74. The van der Waals surface area contributed by atoms with Crippen LogP contribution in [0.3, 0.4) is 0 Å². The molecule has 1 aliphatic rings. The van der Waals surface area contributed by atoms with Crippen LogP contribution in [0.4, 0.5) is 5.69 Å². The summed E-state index contributed by atoms with van der Waals surface area (Å²) in [6.45, 7) is 1.81. The minimum atomic E-state index is -3.58. The van der Waals surface area contributed by atoms with Crippen LogP contribution >= 0.6 is 0 Å². The van der Waals surface area contributed by atoms with Gasteiger partial charge in [-0.25, -0.2) is 17.8 Å². The van der Waals surface area contributed by atoms with Gasteiger partial charge in [-0.1, -0.05) is 24.3 Å². The lowest BCUT2D eigenvalue weighted by atomic mass is 10.2. The van der Waals surface area contributed by atoms with Crippen LogP contribution in [-0.4, -0.2) is 30.1 Å². The molecule has 1 saturated carbocycles. The Balaban J connectivity index is 1.55. The maximum absolute atomic E-state index is 12.7. The highest BCUT2D eigenvalue weighted by atomic mass is 32.2. The fourth-order valence-corrected chi connectivity index (χ4v) is 4.24. The van der Waals surface area contributed by atoms with E-state index in [1.807, 2.05) is 37.3 Å². The number of anilines is 1. The van der Waals surface area contributed by atoms with Gasteiger partial charge in [0.2, 0.25) is 10.0 Å². The van der Waals surface area contributed by atoms with Gasteiger partial charge in [-0.2, -0.15) is 5.10 Å². The number of nitrogens with one attached hydrogen (secondary N) is 2. The zero-order chi connectivity index (χ0) is 19.7. The number of para-hydroxylation sites is 1. The van der Waals surface area contributed by atoms with Crippen LogP contribution in [-0.2, 0) is 10.0 Å². The number of amides is 1. The van der Waals surface area contributed by atoms with Crippen molar-refractivity contribution in [3.8, 4) is 5.69 Å². The fourth-order valence-electron chi connectivity index (χ4n) is 2.89. The van der Waals surface area contributed by atoms with Crippen LogP contribution in [0.25, 0.3) is 5.69 Å². The number of benzene rings is 2. The minimum absolute atomic E-state index is 0.0229. The van der Waals surface area contributed by atoms with Gasteiger partial charge >= 0.3 is 0 Å². The number of carbonyl (C=O) groups excluding carboxylic acids is 1. The van der Waals surface area contributed by atoms with E-state index in [4.69, 9.17) is 0 Å². The Hall–Kier alpha value is -2.97. The largest absolute Gasteiger partial charge is 0.322 e. The highest BCUT2D eigenvalue weighted by Crippen LogP contribution is 2.23. The molecule has 4 rings (SSSR count). The number of hydrogen-bond donors (Lipinski definition) is 2. The van der Waals surface area contributed by atoms with E-state index in [1.165, 1.54) is 18.3 Å². The second-order valence-corrected chi connectivity index (χ2v) is 8.48. The normalized spacial score (nSPS) is 14.0. The SMILES string of the molecule is Cc1c(C(=O)Nc2cccc(S(=O)(=O)NC3CC3)c2)cnn1-c1ccccc1. The molecule has 1 fully saturated rings. The molecule has 0 spiro atoms. The number of sulfonamides is 1. The fraction of sp³-hybridized carbons (Fsp3) is 0.200. The topological polar surface area (TPSA) is 93.1 Å². The van der Waals surface area contributed by atoms with E-state index >= 15 is 0 Å². The monoisotopic (exact) mass is 396 g/mol. The van der Waals surface area contributed by atoms with Crippen molar-refractivity contribution in [3.63, 3.8) is 0 Å². The smallest absolute Gasteiger partial charge is 0.259 e. The van der Waals surface area contributed by atoms with E-state index in [2.05, 4.69) is 15.1 Å². The van der Waals surface area contributed by atoms with Crippen molar-refractivity contribution >= 4 is 21.6 Å². The van der Waals surface area contributed by atoms with Gasteiger partial charge in [0.1, 0.15) is 0 Å². The number of nitrogens with zero attached hydrogens (tertiary/aromatic N) is 2. The molecule has 1 heterocycles. The van der Waals surface area contributed by atoms with Gasteiger partial charge in [-0.15, -0.1) is 0 Å². The first kappa shape index (κ1) is 18.4. The van der Waals surface area contributed by atoms with Gasteiger partial charge in [0.15, 0.2) is 0 Å². The van der Waals surface area contributed by atoms with E-state index in [0.717, 1.165) is 18.5 Å². The van der Waals surface area contributed by atoms with Gasteiger partial charge in [0, 0.05) is 11.7 Å². The van der Waals surface area contributed by atoms with Gasteiger partial charge in [0.25, 0.3) is 5.91 Å². The molecular formula is C20H20N4O3S. The van der Waals surface area contributed by atoms with Crippen LogP contribution in [0.5, 0.6) is 0 Å². The Bertz CT molecular complexity index is 1120. The van der Waals surface area contributed by atoms with Gasteiger partial charge in [-0.05, 0) is 50.1 Å². The van der Waals surface area contributed by atoms with Gasteiger partial charge in [0.05, 0.1) is 28.0 Å². The summed E-state index contributed by atoms with van der Waals surface area (Å²) in [4.78, 5) is 12.8. The van der Waals surface area contributed by atoms with E-state index < -0.39 is 10.0 Å². The lowest BCUT2D eigenvalue weighted by molar-refractivity contribution is 0.102. The molecule has 1 aliphatic carbocycles. The summed E-state index contributed by atoms with van der Waals surface area (Å²) >= 11 is 0. The molecule has 0 saturated heterocycles. The van der Waals surface area contributed by atoms with Gasteiger partial charge in [-0.3, -0.25) is 4.79 Å². The summed E-state index contributed by atoms with van der Waals surface area (Å²) < 4.78 is 29.1. The average Bonchev–Trinajstić information content (AvgIpc) is 3.40. The molecule has 0 aliphatic heterocycles. The third kappa shape index (κ3) is 3.83. The molecule has 144 valence electrons. The molecule has 1 aromatic heterocycles.